The molecule has 0 amide bonds. The van der Waals surface area contributed by atoms with Crippen molar-refractivity contribution in [3.05, 3.63) is 12.7 Å². The maximum absolute atomic E-state index is 11.2. The third-order valence-electron chi connectivity index (χ3n) is 7.14. The lowest BCUT2D eigenvalue weighted by Crippen LogP contribution is -2.47. The number of imidazole rings is 1. The number of nitrogen functional groups attached to an aromatic ring is 1. The first-order chi connectivity index (χ1) is 16.8. The molecule has 0 aromatic carbocycles. The minimum Gasteiger partial charge on any atom is -0.480 e. The molecule has 2 aromatic heterocycles. The number of nitrogens with one attached hydrogen (secondary N) is 1. The van der Waals surface area contributed by atoms with E-state index in [-0.39, 0.29) is 12.2 Å². The monoisotopic (exact) mass is 492 g/mol. The van der Waals surface area contributed by atoms with Crippen LogP contribution in [0.4, 0.5) is 5.82 Å². The van der Waals surface area contributed by atoms with Gasteiger partial charge in [-0.1, -0.05) is 13.3 Å². The second kappa shape index (κ2) is 11.1. The van der Waals surface area contributed by atoms with Crippen LogP contribution in [0, 0.1) is 11.8 Å². The molecule has 194 valence electrons. The lowest BCUT2D eigenvalue weighted by atomic mass is 9.88. The zero-order valence-corrected chi connectivity index (χ0v) is 19.9. The molecule has 7 atom stereocenters. The lowest BCUT2D eigenvalue weighted by molar-refractivity contribution is -0.138. The highest BCUT2D eigenvalue weighted by Gasteiger charge is 2.45. The maximum atomic E-state index is 11.2. The van der Waals surface area contributed by atoms with Crippen molar-refractivity contribution in [1.29, 1.82) is 0 Å². The average molecular weight is 493 g/mol. The fourth-order valence-corrected chi connectivity index (χ4v) is 5.07. The van der Waals surface area contributed by atoms with Gasteiger partial charge in [0.1, 0.15) is 36.2 Å². The van der Waals surface area contributed by atoms with Gasteiger partial charge in [0.05, 0.1) is 6.33 Å². The van der Waals surface area contributed by atoms with Gasteiger partial charge in [-0.25, -0.2) is 15.0 Å². The van der Waals surface area contributed by atoms with Crippen molar-refractivity contribution in [2.75, 3.05) is 38.5 Å². The molecule has 0 radical (unpaired) electrons. The van der Waals surface area contributed by atoms with Gasteiger partial charge in [0.25, 0.3) is 0 Å². The molecule has 0 spiro atoms. The minimum atomic E-state index is -1.21. The van der Waals surface area contributed by atoms with Gasteiger partial charge in [-0.05, 0) is 37.8 Å². The molecule has 3 unspecified atom stereocenters. The number of rotatable bonds is 10. The number of aromatic nitrogens is 4. The number of carboxylic acids is 1. The van der Waals surface area contributed by atoms with Crippen LogP contribution in [-0.2, 0) is 9.53 Å². The molecule has 0 saturated carbocycles. The summed E-state index contributed by atoms with van der Waals surface area (Å²) in [5, 5.41) is 34.3. The fourth-order valence-electron chi connectivity index (χ4n) is 5.07. The zero-order valence-electron chi connectivity index (χ0n) is 19.9. The Morgan fingerprint density at radius 3 is 2.77 bits per heavy atom. The van der Waals surface area contributed by atoms with Crippen molar-refractivity contribution in [2.24, 2.45) is 17.6 Å². The number of fused-ring (bicyclic) bond motifs is 1. The number of nitrogens with two attached hydrogens (primary N) is 2. The highest BCUT2D eigenvalue weighted by Crippen LogP contribution is 2.32. The van der Waals surface area contributed by atoms with Crippen LogP contribution in [-0.4, -0.2) is 103 Å². The van der Waals surface area contributed by atoms with Gasteiger partial charge >= 0.3 is 5.97 Å². The Labute approximate surface area is 203 Å². The van der Waals surface area contributed by atoms with Gasteiger partial charge in [-0.3, -0.25) is 9.36 Å². The lowest BCUT2D eigenvalue weighted by Gasteiger charge is -2.35. The SMILES string of the molecule is CCC1CNCC(CN(CCC(N)C(=O)O)C[C@H]2O[C@@H](n3cnc4c(N)ncnc43)[C@H](O)[C@@H]2O)C1. The van der Waals surface area contributed by atoms with Gasteiger partial charge in [0.2, 0.25) is 0 Å². The molecule has 0 aliphatic carbocycles. The Bertz CT molecular complexity index is 1010. The minimum absolute atomic E-state index is 0.214. The summed E-state index contributed by atoms with van der Waals surface area (Å²) in [4.78, 5) is 25.7. The van der Waals surface area contributed by atoms with E-state index in [9.17, 15) is 20.1 Å². The van der Waals surface area contributed by atoms with Crippen LogP contribution in [0.15, 0.2) is 12.7 Å². The predicted molar refractivity (Wildman–Crippen MR) is 127 cm³/mol. The fraction of sp³-hybridized carbons (Fsp3) is 0.727. The number of anilines is 1. The molecule has 2 fully saturated rings. The number of nitrogens with zero attached hydrogens (tertiary/aromatic N) is 5. The normalized spacial score (nSPS) is 30.2. The molecule has 4 rings (SSSR count). The van der Waals surface area contributed by atoms with Crippen molar-refractivity contribution in [3.8, 4) is 0 Å². The van der Waals surface area contributed by atoms with Crippen LogP contribution in [0.25, 0.3) is 11.2 Å². The standard InChI is InChI=1S/C22H36N8O5/c1-2-12-5-13(7-25-6-12)8-29(4-3-14(23)22(33)34)9-15-17(31)18(32)21(35-15)30-11-28-16-19(24)26-10-27-20(16)30/h10-15,17-18,21,25,31-32H,2-9,23H2,1H3,(H,33,34)(H2,24,26,27)/t12?,13?,14?,15-,17-,18-,21-/m1/s1. The number of carbonyl (C=O) groups is 1. The highest BCUT2D eigenvalue weighted by molar-refractivity contribution is 5.81. The number of aliphatic carboxylic acids is 1. The summed E-state index contributed by atoms with van der Waals surface area (Å²) in [7, 11) is 0. The zero-order chi connectivity index (χ0) is 25.1. The van der Waals surface area contributed by atoms with Gasteiger partial charge in [0.15, 0.2) is 17.7 Å². The van der Waals surface area contributed by atoms with E-state index in [1.165, 1.54) is 12.7 Å². The molecule has 0 bridgehead atoms. The van der Waals surface area contributed by atoms with Crippen LogP contribution in [0.2, 0.25) is 0 Å². The van der Waals surface area contributed by atoms with Gasteiger partial charge < -0.3 is 41.7 Å². The van der Waals surface area contributed by atoms with Gasteiger partial charge in [0, 0.05) is 19.6 Å². The summed E-state index contributed by atoms with van der Waals surface area (Å²) in [5.41, 5.74) is 12.4. The van der Waals surface area contributed by atoms with E-state index in [0.717, 1.165) is 25.9 Å². The molecular weight excluding hydrogens is 456 g/mol. The number of hydrogen-bond donors (Lipinski definition) is 6. The van der Waals surface area contributed by atoms with Gasteiger partial charge in [-0.2, -0.15) is 0 Å². The number of carboxylic acid groups (broad SMARTS) is 1. The number of piperidine rings is 1. The number of aliphatic hydroxyl groups is 2. The Hall–Kier alpha value is -2.42. The molecule has 2 aliphatic rings. The molecule has 13 heteroatoms. The molecule has 8 N–H and O–H groups in total. The number of hydrogen-bond acceptors (Lipinski definition) is 11. The van der Waals surface area contributed by atoms with E-state index in [1.54, 1.807) is 4.57 Å². The predicted octanol–water partition coefficient (Wildman–Crippen LogP) is -1.23. The summed E-state index contributed by atoms with van der Waals surface area (Å²) < 4.78 is 7.66. The summed E-state index contributed by atoms with van der Waals surface area (Å²) >= 11 is 0. The van der Waals surface area contributed by atoms with Crippen molar-refractivity contribution in [3.63, 3.8) is 0 Å². The van der Waals surface area contributed by atoms with E-state index in [2.05, 4.69) is 32.1 Å². The van der Waals surface area contributed by atoms with E-state index in [1.807, 2.05) is 0 Å². The van der Waals surface area contributed by atoms with E-state index in [4.69, 9.17) is 16.2 Å². The molecule has 35 heavy (non-hydrogen) atoms. The summed E-state index contributed by atoms with van der Waals surface area (Å²) in [5.74, 6) is 0.147. The Balaban J connectivity index is 1.47. The first-order valence-electron chi connectivity index (χ1n) is 12.1. The van der Waals surface area contributed by atoms with E-state index < -0.39 is 36.6 Å². The summed E-state index contributed by atoms with van der Waals surface area (Å²) in [6, 6.07) is -0.972. The largest absolute Gasteiger partial charge is 0.480 e. The molecule has 13 nitrogen and oxygen atoms in total. The third kappa shape index (κ3) is 5.71. The highest BCUT2D eigenvalue weighted by atomic mass is 16.6. The summed E-state index contributed by atoms with van der Waals surface area (Å²) in [6.07, 6.45) is 1.23. The van der Waals surface area contributed by atoms with Crippen LogP contribution in [0.1, 0.15) is 32.4 Å². The second-order valence-corrected chi connectivity index (χ2v) is 9.66. The average Bonchev–Trinajstić information content (AvgIpc) is 3.39. The second-order valence-electron chi connectivity index (χ2n) is 9.66. The molecule has 2 aliphatic heterocycles. The maximum Gasteiger partial charge on any atom is 0.320 e. The third-order valence-corrected chi connectivity index (χ3v) is 7.14. The molecule has 4 heterocycles. The van der Waals surface area contributed by atoms with Crippen molar-refractivity contribution in [1.82, 2.24) is 29.7 Å². The van der Waals surface area contributed by atoms with Crippen molar-refractivity contribution in [2.45, 2.75) is 56.8 Å². The first kappa shape index (κ1) is 25.7. The van der Waals surface area contributed by atoms with E-state index in [0.29, 0.717) is 42.6 Å². The van der Waals surface area contributed by atoms with E-state index >= 15 is 0 Å². The van der Waals surface area contributed by atoms with Crippen LogP contribution < -0.4 is 16.8 Å². The smallest absolute Gasteiger partial charge is 0.320 e. The Kier molecular flexibility index (Phi) is 8.14. The van der Waals surface area contributed by atoms with Crippen LogP contribution in [0.5, 0.6) is 0 Å². The molecular formula is C22H36N8O5. The number of aliphatic hydroxyl groups excluding tert-OH is 2. The van der Waals surface area contributed by atoms with Crippen molar-refractivity contribution < 1.29 is 24.9 Å². The molecule has 2 saturated heterocycles. The Morgan fingerprint density at radius 1 is 1.26 bits per heavy atom. The first-order valence-corrected chi connectivity index (χ1v) is 12.1. The van der Waals surface area contributed by atoms with Gasteiger partial charge in [-0.15, -0.1) is 0 Å². The van der Waals surface area contributed by atoms with Crippen molar-refractivity contribution >= 4 is 23.0 Å². The molecule has 2 aromatic rings. The number of ether oxygens (including phenoxy) is 1. The Morgan fingerprint density at radius 2 is 2.03 bits per heavy atom. The van der Waals surface area contributed by atoms with Crippen LogP contribution >= 0.6 is 0 Å². The quantitative estimate of drug-likeness (QED) is 0.231. The summed E-state index contributed by atoms with van der Waals surface area (Å²) in [6.45, 7) is 5.52. The van der Waals surface area contributed by atoms with Crippen LogP contribution in [0.3, 0.4) is 0 Å². The topological polar surface area (TPSA) is 198 Å².